The van der Waals surface area contributed by atoms with Gasteiger partial charge in [0, 0.05) is 31.4 Å². The molecular weight excluding hydrogens is 288 g/mol. The van der Waals surface area contributed by atoms with Crippen LogP contribution in [-0.2, 0) is 29.4 Å². The molecular formula is C14H20N4O2S. The first-order chi connectivity index (χ1) is 10.1. The zero-order chi connectivity index (χ0) is 15.3. The molecule has 2 rings (SSSR count). The lowest BCUT2D eigenvalue weighted by Gasteiger charge is -2.10. The summed E-state index contributed by atoms with van der Waals surface area (Å²) in [6, 6.07) is 5.10. The summed E-state index contributed by atoms with van der Waals surface area (Å²) in [6.07, 6.45) is 4.65. The second kappa shape index (κ2) is 6.84. The first kappa shape index (κ1) is 15.7. The Morgan fingerprint density at radius 2 is 2.14 bits per heavy atom. The van der Waals surface area contributed by atoms with Crippen molar-refractivity contribution in [1.82, 2.24) is 14.7 Å². The van der Waals surface area contributed by atoms with Gasteiger partial charge in [0.25, 0.3) is 0 Å². The Morgan fingerprint density at radius 1 is 1.33 bits per heavy atom. The van der Waals surface area contributed by atoms with Crippen molar-refractivity contribution in [3.63, 3.8) is 0 Å². The molecule has 0 unspecified atom stereocenters. The molecule has 2 aromatic rings. The van der Waals surface area contributed by atoms with Crippen LogP contribution in [0.5, 0.6) is 0 Å². The number of hydrogen-bond donors (Lipinski definition) is 3. The maximum absolute atomic E-state index is 12.3. The average molecular weight is 308 g/mol. The molecule has 0 saturated heterocycles. The summed E-state index contributed by atoms with van der Waals surface area (Å²) in [5.74, 6) is 0. The highest BCUT2D eigenvalue weighted by Gasteiger charge is 2.15. The molecule has 0 bridgehead atoms. The molecule has 7 heteroatoms. The summed E-state index contributed by atoms with van der Waals surface area (Å²) in [6.45, 7) is 2.67. The SMILES string of the molecule is CCc1ccc(S(=O)(=O)NCCc2cnc[nH]2)cc1CN. The Kier molecular flexibility index (Phi) is 5.11. The number of imidazole rings is 1. The smallest absolute Gasteiger partial charge is 0.240 e. The zero-order valence-corrected chi connectivity index (χ0v) is 12.8. The number of sulfonamides is 1. The summed E-state index contributed by atoms with van der Waals surface area (Å²) in [5, 5.41) is 0. The standard InChI is InChI=1S/C14H20N4O2S/c1-2-11-3-4-14(7-12(11)8-15)21(19,20)18-6-5-13-9-16-10-17-13/h3-4,7,9-10,18H,2,5-6,8,15H2,1H3,(H,16,17). The minimum atomic E-state index is -3.51. The van der Waals surface area contributed by atoms with Crippen LogP contribution in [0.15, 0.2) is 35.6 Å². The molecule has 1 aromatic heterocycles. The lowest BCUT2D eigenvalue weighted by molar-refractivity contribution is 0.581. The van der Waals surface area contributed by atoms with Crippen LogP contribution in [0.2, 0.25) is 0 Å². The fraction of sp³-hybridized carbons (Fsp3) is 0.357. The molecule has 0 aliphatic rings. The van der Waals surface area contributed by atoms with Crippen LogP contribution in [0, 0.1) is 0 Å². The van der Waals surface area contributed by atoms with E-state index in [2.05, 4.69) is 14.7 Å². The predicted octanol–water partition coefficient (Wildman–Crippen LogP) is 0.952. The third kappa shape index (κ3) is 3.90. The summed E-state index contributed by atoms with van der Waals surface area (Å²) in [7, 11) is -3.51. The van der Waals surface area contributed by atoms with Gasteiger partial charge in [-0.3, -0.25) is 0 Å². The first-order valence-electron chi connectivity index (χ1n) is 6.85. The number of nitrogens with zero attached hydrogens (tertiary/aromatic N) is 1. The third-order valence-electron chi connectivity index (χ3n) is 3.33. The Morgan fingerprint density at radius 3 is 2.76 bits per heavy atom. The van der Waals surface area contributed by atoms with Crippen molar-refractivity contribution < 1.29 is 8.42 Å². The van der Waals surface area contributed by atoms with Gasteiger partial charge in [0.1, 0.15) is 0 Å². The molecule has 0 saturated carbocycles. The molecule has 114 valence electrons. The first-order valence-corrected chi connectivity index (χ1v) is 8.34. The maximum Gasteiger partial charge on any atom is 0.240 e. The van der Waals surface area contributed by atoms with Crippen LogP contribution in [-0.4, -0.2) is 24.9 Å². The van der Waals surface area contributed by atoms with Gasteiger partial charge in [-0.2, -0.15) is 0 Å². The second-order valence-corrected chi connectivity index (χ2v) is 6.48. The van der Waals surface area contributed by atoms with Crippen molar-refractivity contribution in [1.29, 1.82) is 0 Å². The largest absolute Gasteiger partial charge is 0.348 e. The van der Waals surface area contributed by atoms with Crippen LogP contribution in [0.25, 0.3) is 0 Å². The molecule has 6 nitrogen and oxygen atoms in total. The number of aryl methyl sites for hydroxylation is 1. The average Bonchev–Trinajstić information content (AvgIpc) is 2.99. The molecule has 0 aliphatic carbocycles. The predicted molar refractivity (Wildman–Crippen MR) is 81.2 cm³/mol. The number of H-pyrrole nitrogens is 1. The molecule has 0 spiro atoms. The normalized spacial score (nSPS) is 11.7. The quantitative estimate of drug-likeness (QED) is 0.709. The number of nitrogens with one attached hydrogen (secondary N) is 2. The van der Waals surface area contributed by atoms with Crippen LogP contribution < -0.4 is 10.5 Å². The highest BCUT2D eigenvalue weighted by atomic mass is 32.2. The van der Waals surface area contributed by atoms with Gasteiger partial charge in [-0.1, -0.05) is 13.0 Å². The number of aromatic nitrogens is 2. The van der Waals surface area contributed by atoms with E-state index in [9.17, 15) is 8.42 Å². The highest BCUT2D eigenvalue weighted by molar-refractivity contribution is 7.89. The zero-order valence-electron chi connectivity index (χ0n) is 12.0. The van der Waals surface area contributed by atoms with Crippen molar-refractivity contribution in [2.45, 2.75) is 31.2 Å². The van der Waals surface area contributed by atoms with Gasteiger partial charge in [0.2, 0.25) is 10.0 Å². The molecule has 21 heavy (non-hydrogen) atoms. The Hall–Kier alpha value is -1.70. The van der Waals surface area contributed by atoms with E-state index < -0.39 is 10.0 Å². The van der Waals surface area contributed by atoms with Crippen molar-refractivity contribution in [2.24, 2.45) is 5.73 Å². The maximum atomic E-state index is 12.3. The van der Waals surface area contributed by atoms with Crippen LogP contribution in [0.1, 0.15) is 23.7 Å². The number of benzene rings is 1. The molecule has 1 aromatic carbocycles. The number of aromatic amines is 1. The molecule has 0 aliphatic heterocycles. The number of nitrogens with two attached hydrogens (primary N) is 1. The van der Waals surface area contributed by atoms with E-state index in [4.69, 9.17) is 5.73 Å². The van der Waals surface area contributed by atoms with Crippen LogP contribution in [0.3, 0.4) is 0 Å². The van der Waals surface area contributed by atoms with Crippen molar-refractivity contribution in [3.05, 3.63) is 47.5 Å². The molecule has 0 radical (unpaired) electrons. The molecule has 0 amide bonds. The fourth-order valence-corrected chi connectivity index (χ4v) is 3.21. The number of rotatable bonds is 7. The van der Waals surface area contributed by atoms with E-state index in [1.165, 1.54) is 0 Å². The lowest BCUT2D eigenvalue weighted by Crippen LogP contribution is -2.26. The summed E-state index contributed by atoms with van der Waals surface area (Å²) < 4.78 is 27.1. The van der Waals surface area contributed by atoms with Crippen molar-refractivity contribution in [2.75, 3.05) is 6.54 Å². The molecule has 0 fully saturated rings. The van der Waals surface area contributed by atoms with E-state index in [-0.39, 0.29) is 4.90 Å². The lowest BCUT2D eigenvalue weighted by atomic mass is 10.1. The van der Waals surface area contributed by atoms with Gasteiger partial charge in [-0.25, -0.2) is 18.1 Å². The number of hydrogen-bond acceptors (Lipinski definition) is 4. The van der Waals surface area contributed by atoms with E-state index >= 15 is 0 Å². The Labute approximate surface area is 124 Å². The minimum absolute atomic E-state index is 0.254. The Balaban J connectivity index is 2.08. The molecule has 0 atom stereocenters. The minimum Gasteiger partial charge on any atom is -0.348 e. The topological polar surface area (TPSA) is 101 Å². The van der Waals surface area contributed by atoms with E-state index in [0.29, 0.717) is 19.5 Å². The van der Waals surface area contributed by atoms with Crippen LogP contribution in [0.4, 0.5) is 0 Å². The van der Waals surface area contributed by atoms with E-state index in [1.54, 1.807) is 24.7 Å². The van der Waals surface area contributed by atoms with Gasteiger partial charge in [-0.15, -0.1) is 0 Å². The van der Waals surface area contributed by atoms with Gasteiger partial charge in [-0.05, 0) is 29.7 Å². The Bertz CT molecular complexity index is 681. The summed E-state index contributed by atoms with van der Waals surface area (Å²) in [5.41, 5.74) is 8.51. The van der Waals surface area contributed by atoms with Crippen LogP contribution >= 0.6 is 0 Å². The molecule has 4 N–H and O–H groups in total. The third-order valence-corrected chi connectivity index (χ3v) is 4.79. The van der Waals surface area contributed by atoms with E-state index in [1.807, 2.05) is 13.0 Å². The summed E-state index contributed by atoms with van der Waals surface area (Å²) in [4.78, 5) is 7.08. The van der Waals surface area contributed by atoms with Gasteiger partial charge >= 0.3 is 0 Å². The van der Waals surface area contributed by atoms with Crippen molar-refractivity contribution in [3.8, 4) is 0 Å². The van der Waals surface area contributed by atoms with Gasteiger partial charge in [0.05, 0.1) is 11.2 Å². The monoisotopic (exact) mass is 308 g/mol. The fourth-order valence-electron chi connectivity index (χ4n) is 2.13. The van der Waals surface area contributed by atoms with Gasteiger partial charge < -0.3 is 10.7 Å². The van der Waals surface area contributed by atoms with Gasteiger partial charge in [0.15, 0.2) is 0 Å². The van der Waals surface area contributed by atoms with E-state index in [0.717, 1.165) is 23.2 Å². The molecule has 1 heterocycles. The van der Waals surface area contributed by atoms with Crippen molar-refractivity contribution >= 4 is 10.0 Å². The summed E-state index contributed by atoms with van der Waals surface area (Å²) >= 11 is 0. The second-order valence-electron chi connectivity index (χ2n) is 4.71. The highest BCUT2D eigenvalue weighted by Crippen LogP contribution is 2.16.